The van der Waals surface area contributed by atoms with Gasteiger partial charge in [-0.15, -0.1) is 0 Å². The molecule has 6 heteroatoms. The average Bonchev–Trinajstić information content (AvgIpc) is 2.29. The second-order valence-electron chi connectivity index (χ2n) is 3.99. The molecule has 0 fully saturated rings. The van der Waals surface area contributed by atoms with Crippen molar-refractivity contribution >= 4 is 9.84 Å². The summed E-state index contributed by atoms with van der Waals surface area (Å²) >= 11 is 0. The maximum atomic E-state index is 11.0. The molecule has 0 atom stereocenters. The number of methoxy groups -OCH3 is 1. The fourth-order valence-electron chi connectivity index (χ4n) is 1.48. The Morgan fingerprint density at radius 2 is 2.06 bits per heavy atom. The third kappa shape index (κ3) is 4.93. The standard InChI is InChI=1S/C12H19NO4S/c1-16-11-3-4-12(10(9-11)5-6-13)17-7-8-18(2,14)15/h3-4,9H,5-8,13H2,1-2H3. The van der Waals surface area contributed by atoms with Crippen LogP contribution >= 0.6 is 0 Å². The maximum absolute atomic E-state index is 11.0. The van der Waals surface area contributed by atoms with Crippen LogP contribution in [0, 0.1) is 0 Å². The smallest absolute Gasteiger partial charge is 0.150 e. The molecule has 5 nitrogen and oxygen atoms in total. The van der Waals surface area contributed by atoms with E-state index in [-0.39, 0.29) is 12.4 Å². The van der Waals surface area contributed by atoms with Crippen LogP contribution < -0.4 is 15.2 Å². The number of benzene rings is 1. The lowest BCUT2D eigenvalue weighted by Gasteiger charge is -2.12. The zero-order valence-corrected chi connectivity index (χ0v) is 11.5. The van der Waals surface area contributed by atoms with Gasteiger partial charge in [0.25, 0.3) is 0 Å². The van der Waals surface area contributed by atoms with Gasteiger partial charge in [-0.1, -0.05) is 0 Å². The lowest BCUT2D eigenvalue weighted by Crippen LogP contribution is -2.13. The highest BCUT2D eigenvalue weighted by Crippen LogP contribution is 2.24. The van der Waals surface area contributed by atoms with Crippen LogP contribution in [0.15, 0.2) is 18.2 Å². The summed E-state index contributed by atoms with van der Waals surface area (Å²) in [5.41, 5.74) is 6.45. The lowest BCUT2D eigenvalue weighted by molar-refractivity contribution is 0.336. The summed E-state index contributed by atoms with van der Waals surface area (Å²) < 4.78 is 32.6. The second-order valence-corrected chi connectivity index (χ2v) is 6.25. The van der Waals surface area contributed by atoms with Crippen LogP contribution in [0.5, 0.6) is 11.5 Å². The minimum atomic E-state index is -3.01. The molecule has 0 aliphatic carbocycles. The first-order valence-corrected chi connectivity index (χ1v) is 7.70. The van der Waals surface area contributed by atoms with Crippen molar-refractivity contribution in [3.8, 4) is 11.5 Å². The zero-order chi connectivity index (χ0) is 13.6. The third-order valence-electron chi connectivity index (χ3n) is 2.39. The largest absolute Gasteiger partial charge is 0.497 e. The van der Waals surface area contributed by atoms with E-state index in [4.69, 9.17) is 15.2 Å². The van der Waals surface area contributed by atoms with Crippen molar-refractivity contribution in [1.29, 1.82) is 0 Å². The van der Waals surface area contributed by atoms with Gasteiger partial charge in [-0.05, 0) is 36.7 Å². The number of nitrogens with two attached hydrogens (primary N) is 1. The van der Waals surface area contributed by atoms with Gasteiger partial charge in [0.1, 0.15) is 18.1 Å². The Morgan fingerprint density at radius 3 is 2.61 bits per heavy atom. The molecular formula is C12H19NO4S. The van der Waals surface area contributed by atoms with Crippen molar-refractivity contribution in [3.05, 3.63) is 23.8 Å². The summed E-state index contributed by atoms with van der Waals surface area (Å²) in [5.74, 6) is 1.39. The molecule has 0 amide bonds. The van der Waals surface area contributed by atoms with Crippen LogP contribution in [0.25, 0.3) is 0 Å². The van der Waals surface area contributed by atoms with E-state index in [1.54, 1.807) is 19.2 Å². The number of rotatable bonds is 7. The van der Waals surface area contributed by atoms with Crippen molar-refractivity contribution in [1.82, 2.24) is 0 Å². The van der Waals surface area contributed by atoms with Crippen molar-refractivity contribution in [2.24, 2.45) is 5.73 Å². The fraction of sp³-hybridized carbons (Fsp3) is 0.500. The Hall–Kier alpha value is -1.27. The highest BCUT2D eigenvalue weighted by molar-refractivity contribution is 7.90. The fourth-order valence-corrected chi connectivity index (χ4v) is 1.86. The summed E-state index contributed by atoms with van der Waals surface area (Å²) in [6.07, 6.45) is 1.84. The molecular weight excluding hydrogens is 254 g/mol. The molecule has 2 N–H and O–H groups in total. The Bertz CT molecular complexity index is 485. The van der Waals surface area contributed by atoms with Gasteiger partial charge in [0, 0.05) is 6.26 Å². The van der Waals surface area contributed by atoms with Crippen molar-refractivity contribution in [3.63, 3.8) is 0 Å². The van der Waals surface area contributed by atoms with Crippen LogP contribution in [-0.4, -0.2) is 40.7 Å². The normalized spacial score (nSPS) is 11.3. The molecule has 0 unspecified atom stereocenters. The molecule has 0 bridgehead atoms. The molecule has 0 saturated heterocycles. The summed E-state index contributed by atoms with van der Waals surface area (Å²) in [5, 5.41) is 0. The zero-order valence-electron chi connectivity index (χ0n) is 10.7. The molecule has 1 rings (SSSR count). The Labute approximate surface area is 108 Å². The predicted molar refractivity (Wildman–Crippen MR) is 71.0 cm³/mol. The molecule has 0 spiro atoms. The highest BCUT2D eigenvalue weighted by Gasteiger charge is 2.07. The van der Waals surface area contributed by atoms with Gasteiger partial charge in [0.2, 0.25) is 0 Å². The van der Waals surface area contributed by atoms with E-state index in [0.29, 0.717) is 18.7 Å². The van der Waals surface area contributed by atoms with E-state index in [1.165, 1.54) is 6.26 Å². The first kappa shape index (κ1) is 14.8. The van der Waals surface area contributed by atoms with Crippen LogP contribution in [0.2, 0.25) is 0 Å². The van der Waals surface area contributed by atoms with Gasteiger partial charge >= 0.3 is 0 Å². The lowest BCUT2D eigenvalue weighted by atomic mass is 10.1. The van der Waals surface area contributed by atoms with E-state index < -0.39 is 9.84 Å². The van der Waals surface area contributed by atoms with Gasteiger partial charge in [-0.3, -0.25) is 0 Å². The second kappa shape index (κ2) is 6.61. The van der Waals surface area contributed by atoms with E-state index in [1.807, 2.05) is 6.07 Å². The van der Waals surface area contributed by atoms with E-state index in [2.05, 4.69) is 0 Å². The van der Waals surface area contributed by atoms with Crippen molar-refractivity contribution in [2.75, 3.05) is 32.3 Å². The predicted octanol–water partition coefficient (Wildman–Crippen LogP) is 0.620. The van der Waals surface area contributed by atoms with Crippen molar-refractivity contribution < 1.29 is 17.9 Å². The molecule has 1 aromatic carbocycles. The third-order valence-corrected chi connectivity index (χ3v) is 3.30. The quantitative estimate of drug-likeness (QED) is 0.788. The number of hydrogen-bond donors (Lipinski definition) is 1. The van der Waals surface area contributed by atoms with Crippen LogP contribution in [-0.2, 0) is 16.3 Å². The van der Waals surface area contributed by atoms with E-state index >= 15 is 0 Å². The molecule has 0 heterocycles. The van der Waals surface area contributed by atoms with E-state index in [9.17, 15) is 8.42 Å². The number of hydrogen-bond acceptors (Lipinski definition) is 5. The average molecular weight is 273 g/mol. The van der Waals surface area contributed by atoms with Crippen LogP contribution in [0.3, 0.4) is 0 Å². The minimum absolute atomic E-state index is 0.00109. The van der Waals surface area contributed by atoms with E-state index in [0.717, 1.165) is 11.3 Å². The summed E-state index contributed by atoms with van der Waals surface area (Å²) in [7, 11) is -1.42. The molecule has 0 aliphatic rings. The van der Waals surface area contributed by atoms with Gasteiger partial charge in [0.05, 0.1) is 12.9 Å². The molecule has 1 aromatic rings. The maximum Gasteiger partial charge on any atom is 0.150 e. The Kier molecular flexibility index (Phi) is 5.43. The number of sulfone groups is 1. The SMILES string of the molecule is COc1ccc(OCCS(C)(=O)=O)c(CCN)c1. The molecule has 0 aliphatic heterocycles. The van der Waals surface area contributed by atoms with Gasteiger partial charge in [-0.2, -0.15) is 0 Å². The summed E-state index contributed by atoms with van der Waals surface area (Å²) in [4.78, 5) is 0. The van der Waals surface area contributed by atoms with Gasteiger partial charge in [-0.25, -0.2) is 8.42 Å². The molecule has 0 aromatic heterocycles. The monoisotopic (exact) mass is 273 g/mol. The molecule has 0 saturated carbocycles. The molecule has 18 heavy (non-hydrogen) atoms. The Morgan fingerprint density at radius 1 is 1.33 bits per heavy atom. The molecule has 0 radical (unpaired) electrons. The highest BCUT2D eigenvalue weighted by atomic mass is 32.2. The van der Waals surface area contributed by atoms with Crippen molar-refractivity contribution in [2.45, 2.75) is 6.42 Å². The van der Waals surface area contributed by atoms with Gasteiger partial charge in [0.15, 0.2) is 9.84 Å². The van der Waals surface area contributed by atoms with Crippen LogP contribution in [0.1, 0.15) is 5.56 Å². The van der Waals surface area contributed by atoms with Gasteiger partial charge < -0.3 is 15.2 Å². The summed E-state index contributed by atoms with van der Waals surface area (Å²) in [6.45, 7) is 0.637. The Balaban J connectivity index is 2.74. The topological polar surface area (TPSA) is 78.6 Å². The number of ether oxygens (including phenoxy) is 2. The minimum Gasteiger partial charge on any atom is -0.497 e. The molecule has 102 valence electrons. The first-order chi connectivity index (χ1) is 8.46. The first-order valence-electron chi connectivity index (χ1n) is 5.64. The summed E-state index contributed by atoms with van der Waals surface area (Å²) in [6, 6.07) is 5.39. The van der Waals surface area contributed by atoms with Crippen LogP contribution in [0.4, 0.5) is 0 Å².